The third-order valence-corrected chi connectivity index (χ3v) is 6.34. The van der Waals surface area contributed by atoms with E-state index in [9.17, 15) is 28.7 Å². The second kappa shape index (κ2) is 13.0. The Labute approximate surface area is 220 Å². The fourth-order valence-electron chi connectivity index (χ4n) is 3.94. The molecule has 1 atom stereocenters. The zero-order valence-corrected chi connectivity index (χ0v) is 21.7. The highest BCUT2D eigenvalue weighted by Crippen LogP contribution is 2.38. The van der Waals surface area contributed by atoms with E-state index in [1.54, 1.807) is 24.3 Å². The number of carbonyl (C=O) groups excluding carboxylic acids is 2. The first kappa shape index (κ1) is 28.6. The van der Waals surface area contributed by atoms with Crippen LogP contribution in [0.3, 0.4) is 0 Å². The molecular formula is C27H30N3O7P. The highest BCUT2D eigenvalue weighted by Gasteiger charge is 2.31. The van der Waals surface area contributed by atoms with E-state index in [1.165, 1.54) is 11.8 Å². The molecule has 10 nitrogen and oxygen atoms in total. The zero-order chi connectivity index (χ0) is 27.7. The van der Waals surface area contributed by atoms with Crippen LogP contribution in [0.15, 0.2) is 78.9 Å². The molecule has 0 aliphatic rings. The molecule has 0 aromatic heterocycles. The van der Waals surface area contributed by atoms with E-state index in [-0.39, 0.29) is 25.3 Å². The molecular weight excluding hydrogens is 509 g/mol. The lowest BCUT2D eigenvalue weighted by atomic mass is 9.99. The van der Waals surface area contributed by atoms with Gasteiger partial charge >= 0.3 is 13.6 Å². The Kier molecular flexibility index (Phi) is 9.78. The molecule has 2 amide bonds. The molecule has 3 rings (SSSR count). The van der Waals surface area contributed by atoms with E-state index in [0.717, 1.165) is 16.7 Å². The third kappa shape index (κ3) is 8.85. The van der Waals surface area contributed by atoms with E-state index in [1.807, 2.05) is 54.6 Å². The number of anilines is 2. The van der Waals surface area contributed by atoms with Crippen LogP contribution in [0.5, 0.6) is 0 Å². The van der Waals surface area contributed by atoms with Gasteiger partial charge in [0.05, 0.1) is 6.42 Å². The number of carboxylic acids is 1. The van der Waals surface area contributed by atoms with Crippen LogP contribution in [0.1, 0.15) is 18.9 Å². The average molecular weight is 540 g/mol. The molecule has 0 aliphatic carbocycles. The maximum Gasteiger partial charge on any atom is 0.344 e. The molecule has 11 heteroatoms. The minimum absolute atomic E-state index is 0.0986. The Balaban J connectivity index is 1.94. The van der Waals surface area contributed by atoms with Crippen LogP contribution in [-0.2, 0) is 25.4 Å². The smallest absolute Gasteiger partial charge is 0.344 e. The summed E-state index contributed by atoms with van der Waals surface area (Å²) in [6.45, 7) is 1.22. The van der Waals surface area contributed by atoms with Gasteiger partial charge in [-0.2, -0.15) is 0 Å². The number of aliphatic carboxylic acids is 1. The van der Waals surface area contributed by atoms with Crippen LogP contribution in [-0.4, -0.2) is 51.5 Å². The van der Waals surface area contributed by atoms with Crippen molar-refractivity contribution in [2.24, 2.45) is 0 Å². The summed E-state index contributed by atoms with van der Waals surface area (Å²) in [5.74, 6) is -1.93. The second-order valence-corrected chi connectivity index (χ2v) is 10.3. The molecule has 3 aromatic carbocycles. The number of carbonyl (C=O) groups is 3. The number of nitrogens with zero attached hydrogens (tertiary/aromatic N) is 1. The maximum absolute atomic E-state index is 13.3. The van der Waals surface area contributed by atoms with Gasteiger partial charge in [0.1, 0.15) is 12.3 Å². The van der Waals surface area contributed by atoms with Crippen molar-refractivity contribution < 1.29 is 33.8 Å². The van der Waals surface area contributed by atoms with Gasteiger partial charge < -0.3 is 30.4 Å². The van der Waals surface area contributed by atoms with E-state index in [4.69, 9.17) is 5.11 Å². The summed E-state index contributed by atoms with van der Waals surface area (Å²) < 4.78 is 12.1. The highest BCUT2D eigenvalue weighted by molar-refractivity contribution is 7.51. The lowest BCUT2D eigenvalue weighted by Gasteiger charge is -2.33. The third-order valence-electron chi connectivity index (χ3n) is 5.66. The Bertz CT molecular complexity index is 1290. The fourth-order valence-corrected chi connectivity index (χ4v) is 4.70. The zero-order valence-electron chi connectivity index (χ0n) is 20.8. The summed E-state index contributed by atoms with van der Waals surface area (Å²) in [4.78, 5) is 56.6. The van der Waals surface area contributed by atoms with Crippen molar-refractivity contribution in [2.45, 2.75) is 25.8 Å². The summed E-state index contributed by atoms with van der Waals surface area (Å²) in [6.07, 6.45) is -0.943. The molecule has 0 unspecified atom stereocenters. The van der Waals surface area contributed by atoms with Gasteiger partial charge in [-0.1, -0.05) is 54.6 Å². The lowest BCUT2D eigenvalue weighted by molar-refractivity contribution is -0.137. The van der Waals surface area contributed by atoms with Crippen molar-refractivity contribution in [3.63, 3.8) is 0 Å². The Hall–Kier alpha value is -3.98. The van der Waals surface area contributed by atoms with Crippen molar-refractivity contribution in [1.29, 1.82) is 0 Å². The standard InChI is InChI=1S/C27H30N3O7P/c1-19(31)29-23-11-13-24(14-12-23)30(18-38(35,36)37)25(27(34)28-16-15-26(32)33)17-20-7-9-22(10-8-20)21-5-3-2-4-6-21/h2-14,25H,15-18H2,1H3,(H,28,34)(H,29,31)(H,32,33)(H2,35,36,37)/t25-/m0/s1. The minimum Gasteiger partial charge on any atom is -0.481 e. The summed E-state index contributed by atoms with van der Waals surface area (Å²) in [6, 6.07) is 22.4. The number of benzene rings is 3. The summed E-state index contributed by atoms with van der Waals surface area (Å²) >= 11 is 0. The number of hydrogen-bond acceptors (Lipinski definition) is 5. The highest BCUT2D eigenvalue weighted by atomic mass is 31.2. The first-order valence-electron chi connectivity index (χ1n) is 11.8. The molecule has 0 bridgehead atoms. The van der Waals surface area contributed by atoms with Crippen molar-refractivity contribution >= 4 is 36.8 Å². The van der Waals surface area contributed by atoms with Gasteiger partial charge in [-0.3, -0.25) is 18.9 Å². The molecule has 200 valence electrons. The van der Waals surface area contributed by atoms with Crippen LogP contribution < -0.4 is 15.5 Å². The van der Waals surface area contributed by atoms with Gasteiger partial charge in [-0.05, 0) is 41.0 Å². The summed E-state index contributed by atoms with van der Waals surface area (Å²) in [5, 5.41) is 14.1. The predicted octanol–water partition coefficient (Wildman–Crippen LogP) is 3.46. The van der Waals surface area contributed by atoms with Crippen LogP contribution in [0, 0.1) is 0 Å². The van der Waals surface area contributed by atoms with Gasteiger partial charge in [0.25, 0.3) is 0 Å². The van der Waals surface area contributed by atoms with Crippen LogP contribution in [0.2, 0.25) is 0 Å². The van der Waals surface area contributed by atoms with E-state index in [0.29, 0.717) is 11.4 Å². The van der Waals surface area contributed by atoms with E-state index in [2.05, 4.69) is 10.6 Å². The monoisotopic (exact) mass is 539 g/mol. The topological polar surface area (TPSA) is 156 Å². The first-order chi connectivity index (χ1) is 18.0. The molecule has 0 aliphatic heterocycles. The molecule has 0 saturated carbocycles. The maximum atomic E-state index is 13.3. The molecule has 5 N–H and O–H groups in total. The molecule has 0 fully saturated rings. The van der Waals surface area contributed by atoms with Gasteiger partial charge in [0, 0.05) is 31.3 Å². The Morgan fingerprint density at radius 3 is 2.05 bits per heavy atom. The summed E-state index contributed by atoms with van der Waals surface area (Å²) in [5.41, 5.74) is 3.56. The van der Waals surface area contributed by atoms with Crippen molar-refractivity contribution in [2.75, 3.05) is 23.0 Å². The van der Waals surface area contributed by atoms with Crippen LogP contribution >= 0.6 is 7.60 Å². The van der Waals surface area contributed by atoms with Gasteiger partial charge in [-0.15, -0.1) is 0 Å². The van der Waals surface area contributed by atoms with Crippen molar-refractivity contribution in [1.82, 2.24) is 5.32 Å². The molecule has 38 heavy (non-hydrogen) atoms. The lowest BCUT2D eigenvalue weighted by Crippen LogP contribution is -2.49. The SMILES string of the molecule is CC(=O)Nc1ccc(N(CP(=O)(O)O)[C@@H](Cc2ccc(-c3ccccc3)cc2)C(=O)NCCC(=O)O)cc1. The van der Waals surface area contributed by atoms with Crippen molar-refractivity contribution in [3.05, 3.63) is 84.4 Å². The fraction of sp³-hybridized carbons (Fsp3) is 0.222. The van der Waals surface area contributed by atoms with Gasteiger partial charge in [0.15, 0.2) is 0 Å². The van der Waals surface area contributed by atoms with E-state index >= 15 is 0 Å². The van der Waals surface area contributed by atoms with Gasteiger partial charge in [0.2, 0.25) is 11.8 Å². The number of nitrogens with one attached hydrogen (secondary N) is 2. The first-order valence-corrected chi connectivity index (χ1v) is 13.6. The number of amides is 2. The van der Waals surface area contributed by atoms with Crippen LogP contribution in [0.25, 0.3) is 11.1 Å². The quantitative estimate of drug-likeness (QED) is 0.219. The molecule has 0 spiro atoms. The largest absolute Gasteiger partial charge is 0.481 e. The Morgan fingerprint density at radius 2 is 1.50 bits per heavy atom. The van der Waals surface area contributed by atoms with E-state index < -0.39 is 31.8 Å². The number of carboxylic acid groups (broad SMARTS) is 1. The Morgan fingerprint density at radius 1 is 0.895 bits per heavy atom. The average Bonchev–Trinajstić information content (AvgIpc) is 2.86. The van der Waals surface area contributed by atoms with Gasteiger partial charge in [-0.25, -0.2) is 0 Å². The number of rotatable bonds is 12. The molecule has 0 radical (unpaired) electrons. The second-order valence-electron chi connectivity index (χ2n) is 8.72. The minimum atomic E-state index is -4.63. The molecule has 3 aromatic rings. The predicted molar refractivity (Wildman–Crippen MR) is 145 cm³/mol. The van der Waals surface area contributed by atoms with Crippen molar-refractivity contribution in [3.8, 4) is 11.1 Å². The normalized spacial score (nSPS) is 11.9. The summed E-state index contributed by atoms with van der Waals surface area (Å²) in [7, 11) is -4.63. The van der Waals surface area contributed by atoms with Crippen LogP contribution in [0.4, 0.5) is 11.4 Å². The molecule has 0 heterocycles. The number of hydrogen-bond donors (Lipinski definition) is 5. The molecule has 0 saturated heterocycles.